The first-order chi connectivity index (χ1) is 9.04. The summed E-state index contributed by atoms with van der Waals surface area (Å²) in [5.41, 5.74) is 7.32. The highest BCUT2D eigenvalue weighted by Gasteiger charge is 2.15. The van der Waals surface area contributed by atoms with Crippen molar-refractivity contribution in [2.45, 2.75) is 19.4 Å². The zero-order valence-electron chi connectivity index (χ0n) is 12.2. The Kier molecular flexibility index (Phi) is 6.53. The van der Waals surface area contributed by atoms with Gasteiger partial charge >= 0.3 is 0 Å². The van der Waals surface area contributed by atoms with Crippen LogP contribution in [0.1, 0.15) is 24.9 Å². The van der Waals surface area contributed by atoms with Gasteiger partial charge in [0.25, 0.3) is 0 Å². The van der Waals surface area contributed by atoms with Gasteiger partial charge in [-0.2, -0.15) is 0 Å². The molecule has 106 valence electrons. The monoisotopic (exact) mass is 263 g/mol. The van der Waals surface area contributed by atoms with Crippen molar-refractivity contribution in [2.24, 2.45) is 5.73 Å². The highest BCUT2D eigenvalue weighted by atomic mass is 16.2. The second-order valence-electron chi connectivity index (χ2n) is 5.04. The predicted octanol–water partition coefficient (Wildman–Crippen LogP) is 1.49. The van der Waals surface area contributed by atoms with Crippen molar-refractivity contribution in [1.29, 1.82) is 0 Å². The van der Waals surface area contributed by atoms with E-state index < -0.39 is 0 Å². The first-order valence-electron chi connectivity index (χ1n) is 6.77. The number of carbonyl (C=O) groups is 1. The Labute approximate surface area is 116 Å². The van der Waals surface area contributed by atoms with E-state index in [0.29, 0.717) is 13.1 Å². The van der Waals surface area contributed by atoms with E-state index in [4.69, 9.17) is 5.73 Å². The van der Waals surface area contributed by atoms with Gasteiger partial charge in [0.05, 0.1) is 6.54 Å². The lowest BCUT2D eigenvalue weighted by Crippen LogP contribution is -2.40. The van der Waals surface area contributed by atoms with Crippen molar-refractivity contribution in [1.82, 2.24) is 9.80 Å². The van der Waals surface area contributed by atoms with Crippen LogP contribution in [0.2, 0.25) is 0 Å². The maximum absolute atomic E-state index is 11.8. The number of nitrogens with two attached hydrogens (primary N) is 1. The lowest BCUT2D eigenvalue weighted by Gasteiger charge is -2.26. The third-order valence-electron chi connectivity index (χ3n) is 3.08. The molecule has 0 radical (unpaired) electrons. The topological polar surface area (TPSA) is 49.6 Å². The summed E-state index contributed by atoms with van der Waals surface area (Å²) < 4.78 is 0. The number of likely N-dealkylation sites (N-methyl/N-ethyl adjacent to an activating group) is 1. The molecule has 0 saturated carbocycles. The Morgan fingerprint density at radius 1 is 1.26 bits per heavy atom. The number of hydrogen-bond acceptors (Lipinski definition) is 3. The van der Waals surface area contributed by atoms with Crippen LogP contribution in [-0.4, -0.2) is 49.4 Å². The molecule has 0 saturated heterocycles. The second-order valence-corrected chi connectivity index (χ2v) is 5.04. The van der Waals surface area contributed by atoms with Gasteiger partial charge in [0.15, 0.2) is 0 Å². The van der Waals surface area contributed by atoms with E-state index >= 15 is 0 Å². The third-order valence-corrected chi connectivity index (χ3v) is 3.08. The average molecular weight is 263 g/mol. The van der Waals surface area contributed by atoms with Gasteiger partial charge in [-0.3, -0.25) is 9.69 Å². The highest BCUT2D eigenvalue weighted by Crippen LogP contribution is 2.11. The second kappa shape index (κ2) is 7.92. The third kappa shape index (κ3) is 5.41. The van der Waals surface area contributed by atoms with E-state index in [2.05, 4.69) is 11.8 Å². The van der Waals surface area contributed by atoms with Gasteiger partial charge in [0.2, 0.25) is 5.91 Å². The Balaban J connectivity index is 2.60. The van der Waals surface area contributed by atoms with E-state index in [1.165, 1.54) is 0 Å². The van der Waals surface area contributed by atoms with Gasteiger partial charge < -0.3 is 10.6 Å². The summed E-state index contributed by atoms with van der Waals surface area (Å²) in [6, 6.07) is 9.97. The Bertz CT molecular complexity index is 378. The average Bonchev–Trinajstić information content (AvgIpc) is 2.39. The standard InChI is InChI=1S/C15H25N3O/c1-4-10-18(12-15(19)17(2)3)11-14(16)13-8-6-5-7-9-13/h5-9,14H,4,10-12,16H2,1-3H3. The quantitative estimate of drug-likeness (QED) is 0.811. The summed E-state index contributed by atoms with van der Waals surface area (Å²) in [6.07, 6.45) is 1.02. The molecule has 1 aromatic rings. The Morgan fingerprint density at radius 2 is 1.89 bits per heavy atom. The first-order valence-corrected chi connectivity index (χ1v) is 6.77. The smallest absolute Gasteiger partial charge is 0.236 e. The van der Waals surface area contributed by atoms with Gasteiger partial charge in [0.1, 0.15) is 0 Å². The van der Waals surface area contributed by atoms with Crippen molar-refractivity contribution in [3.05, 3.63) is 35.9 Å². The van der Waals surface area contributed by atoms with Crippen molar-refractivity contribution >= 4 is 5.91 Å². The molecule has 4 heteroatoms. The number of amides is 1. The van der Waals surface area contributed by atoms with Gasteiger partial charge in [-0.05, 0) is 18.5 Å². The molecule has 1 amide bonds. The minimum atomic E-state index is -0.0530. The maximum Gasteiger partial charge on any atom is 0.236 e. The van der Waals surface area contributed by atoms with Crippen LogP contribution in [0.3, 0.4) is 0 Å². The van der Waals surface area contributed by atoms with E-state index in [1.807, 2.05) is 30.3 Å². The molecule has 0 aliphatic heterocycles. The van der Waals surface area contributed by atoms with E-state index in [1.54, 1.807) is 19.0 Å². The van der Waals surface area contributed by atoms with Gasteiger partial charge in [-0.15, -0.1) is 0 Å². The minimum absolute atomic E-state index is 0.0530. The van der Waals surface area contributed by atoms with Gasteiger partial charge in [-0.25, -0.2) is 0 Å². The maximum atomic E-state index is 11.8. The van der Waals surface area contributed by atoms with Crippen LogP contribution < -0.4 is 5.73 Å². The van der Waals surface area contributed by atoms with Crippen LogP contribution >= 0.6 is 0 Å². The van der Waals surface area contributed by atoms with Crippen LogP contribution in [0.5, 0.6) is 0 Å². The van der Waals surface area contributed by atoms with Crippen molar-refractivity contribution in [3.63, 3.8) is 0 Å². The fourth-order valence-electron chi connectivity index (χ4n) is 1.97. The SMILES string of the molecule is CCCN(CC(=O)N(C)C)CC(N)c1ccccc1. The molecule has 0 aliphatic carbocycles. The molecule has 0 heterocycles. The molecule has 0 fully saturated rings. The lowest BCUT2D eigenvalue weighted by atomic mass is 10.1. The molecule has 0 spiro atoms. The molecule has 0 aliphatic rings. The molecular weight excluding hydrogens is 238 g/mol. The zero-order valence-corrected chi connectivity index (χ0v) is 12.2. The molecular formula is C15H25N3O. The van der Waals surface area contributed by atoms with E-state index in [9.17, 15) is 4.79 Å². The number of hydrogen-bond donors (Lipinski definition) is 1. The number of nitrogens with zero attached hydrogens (tertiary/aromatic N) is 2. The Morgan fingerprint density at radius 3 is 2.42 bits per heavy atom. The van der Waals surface area contributed by atoms with E-state index in [-0.39, 0.29) is 11.9 Å². The van der Waals surface area contributed by atoms with Crippen LogP contribution in [0.4, 0.5) is 0 Å². The van der Waals surface area contributed by atoms with Crippen LogP contribution in [0.25, 0.3) is 0 Å². The lowest BCUT2D eigenvalue weighted by molar-refractivity contribution is -0.129. The number of rotatable bonds is 7. The fourth-order valence-corrected chi connectivity index (χ4v) is 1.97. The summed E-state index contributed by atoms with van der Waals surface area (Å²) in [7, 11) is 3.56. The molecule has 0 aromatic heterocycles. The van der Waals surface area contributed by atoms with Crippen molar-refractivity contribution in [2.75, 3.05) is 33.7 Å². The highest BCUT2D eigenvalue weighted by molar-refractivity contribution is 5.77. The summed E-state index contributed by atoms with van der Waals surface area (Å²) in [5.74, 6) is 0.119. The molecule has 19 heavy (non-hydrogen) atoms. The first kappa shape index (κ1) is 15.7. The van der Waals surface area contributed by atoms with Crippen LogP contribution in [-0.2, 0) is 4.79 Å². The summed E-state index contributed by atoms with van der Waals surface area (Å²) in [4.78, 5) is 15.5. The largest absolute Gasteiger partial charge is 0.348 e. The van der Waals surface area contributed by atoms with Crippen molar-refractivity contribution in [3.8, 4) is 0 Å². The van der Waals surface area contributed by atoms with Gasteiger partial charge in [0, 0.05) is 26.7 Å². The van der Waals surface area contributed by atoms with Gasteiger partial charge in [-0.1, -0.05) is 37.3 Å². The van der Waals surface area contributed by atoms with Crippen molar-refractivity contribution < 1.29 is 4.79 Å². The minimum Gasteiger partial charge on any atom is -0.348 e. The molecule has 4 nitrogen and oxygen atoms in total. The molecule has 2 N–H and O–H groups in total. The van der Waals surface area contributed by atoms with Crippen LogP contribution in [0.15, 0.2) is 30.3 Å². The summed E-state index contributed by atoms with van der Waals surface area (Å²) >= 11 is 0. The summed E-state index contributed by atoms with van der Waals surface area (Å²) in [5, 5.41) is 0. The number of carbonyl (C=O) groups excluding carboxylic acids is 1. The molecule has 1 unspecified atom stereocenters. The fraction of sp³-hybridized carbons (Fsp3) is 0.533. The van der Waals surface area contributed by atoms with Crippen LogP contribution in [0, 0.1) is 0 Å². The Hall–Kier alpha value is -1.39. The molecule has 1 rings (SSSR count). The molecule has 0 bridgehead atoms. The zero-order chi connectivity index (χ0) is 14.3. The molecule has 1 atom stereocenters. The summed E-state index contributed by atoms with van der Waals surface area (Å²) in [6.45, 7) is 4.14. The predicted molar refractivity (Wildman–Crippen MR) is 78.8 cm³/mol. The normalized spacial score (nSPS) is 12.5. The van der Waals surface area contributed by atoms with E-state index in [0.717, 1.165) is 18.5 Å². The molecule has 1 aromatic carbocycles. The number of benzene rings is 1.